The number of carbonyl (C=O) groups excluding carboxylic acids is 1. The highest BCUT2D eigenvalue weighted by molar-refractivity contribution is 9.10. The number of hydrogen-bond acceptors (Lipinski definition) is 5. The van der Waals surface area contributed by atoms with E-state index in [2.05, 4.69) is 21.2 Å². The molecule has 1 amide bonds. The number of carboxylic acid groups (broad SMARTS) is 1. The molecule has 0 saturated heterocycles. The number of nitriles is 1. The van der Waals surface area contributed by atoms with E-state index in [4.69, 9.17) is 26.2 Å². The lowest BCUT2D eigenvalue weighted by Crippen LogP contribution is -2.14. The Balaban J connectivity index is 1.81. The number of benzene rings is 3. The molecule has 3 rings (SSSR count). The van der Waals surface area contributed by atoms with Crippen LogP contribution in [-0.4, -0.2) is 24.1 Å². The average Bonchev–Trinajstić information content (AvgIpc) is 2.82. The van der Waals surface area contributed by atoms with E-state index in [1.54, 1.807) is 24.3 Å². The second kappa shape index (κ2) is 11.4. The number of carbonyl (C=O) groups is 2. The van der Waals surface area contributed by atoms with Crippen molar-refractivity contribution in [2.75, 3.05) is 12.4 Å². The van der Waals surface area contributed by atoms with Gasteiger partial charge in [-0.15, -0.1) is 0 Å². The zero-order chi connectivity index (χ0) is 24.7. The number of anilines is 1. The Labute approximate surface area is 209 Å². The average molecular weight is 542 g/mol. The molecule has 3 aromatic rings. The van der Waals surface area contributed by atoms with Crippen molar-refractivity contribution in [1.82, 2.24) is 0 Å². The maximum atomic E-state index is 12.6. The molecule has 0 unspecified atom stereocenters. The number of halogens is 2. The molecule has 0 radical (unpaired) electrons. The molecule has 3 aromatic carbocycles. The van der Waals surface area contributed by atoms with E-state index in [9.17, 15) is 14.9 Å². The summed E-state index contributed by atoms with van der Waals surface area (Å²) >= 11 is 9.36. The van der Waals surface area contributed by atoms with Gasteiger partial charge in [0, 0.05) is 10.7 Å². The summed E-state index contributed by atoms with van der Waals surface area (Å²) in [6.45, 7) is 0.280. The van der Waals surface area contributed by atoms with Crippen molar-refractivity contribution in [2.45, 2.75) is 6.61 Å². The molecule has 0 aromatic heterocycles. The highest BCUT2D eigenvalue weighted by atomic mass is 79.9. The summed E-state index contributed by atoms with van der Waals surface area (Å²) in [5.41, 5.74) is 1.54. The third-order valence-electron chi connectivity index (χ3n) is 4.59. The number of rotatable bonds is 8. The van der Waals surface area contributed by atoms with Gasteiger partial charge < -0.3 is 19.9 Å². The minimum atomic E-state index is -1.12. The minimum absolute atomic E-state index is 0.0168. The van der Waals surface area contributed by atoms with Crippen LogP contribution in [0.25, 0.3) is 6.08 Å². The number of hydrogen-bond donors (Lipinski definition) is 2. The summed E-state index contributed by atoms with van der Waals surface area (Å²) in [5.74, 6) is -0.935. The van der Waals surface area contributed by atoms with Gasteiger partial charge in [0.1, 0.15) is 18.2 Å². The third kappa shape index (κ3) is 6.38. The van der Waals surface area contributed by atoms with E-state index in [-0.39, 0.29) is 23.4 Å². The van der Waals surface area contributed by atoms with Crippen LogP contribution in [0.3, 0.4) is 0 Å². The molecule has 0 heterocycles. The molecule has 0 aliphatic heterocycles. The van der Waals surface area contributed by atoms with Gasteiger partial charge in [-0.1, -0.05) is 29.8 Å². The van der Waals surface area contributed by atoms with E-state index < -0.39 is 11.9 Å². The number of ether oxygens (including phenoxy) is 2. The third-order valence-corrected chi connectivity index (χ3v) is 5.43. The second-order valence-corrected chi connectivity index (χ2v) is 8.25. The fourth-order valence-corrected chi connectivity index (χ4v) is 3.64. The van der Waals surface area contributed by atoms with Crippen LogP contribution >= 0.6 is 27.5 Å². The van der Waals surface area contributed by atoms with Crippen LogP contribution in [0.15, 0.2) is 70.7 Å². The minimum Gasteiger partial charge on any atom is -0.493 e. The monoisotopic (exact) mass is 540 g/mol. The zero-order valence-electron chi connectivity index (χ0n) is 17.8. The SMILES string of the molecule is COc1cc(/C=C(/C#N)C(=O)Nc2cccc(C(=O)O)c2)cc(Br)c1OCc1ccc(Cl)cc1. The number of nitrogens with zero attached hydrogens (tertiary/aromatic N) is 1. The van der Waals surface area contributed by atoms with Gasteiger partial charge in [-0.2, -0.15) is 5.26 Å². The normalized spacial score (nSPS) is 10.8. The van der Waals surface area contributed by atoms with Crippen LogP contribution in [0.2, 0.25) is 5.02 Å². The fraction of sp³-hybridized carbons (Fsp3) is 0.0800. The molecule has 7 nitrogen and oxygen atoms in total. The maximum Gasteiger partial charge on any atom is 0.335 e. The molecule has 9 heteroatoms. The number of methoxy groups -OCH3 is 1. The molecular formula is C25H18BrClN2O5. The topological polar surface area (TPSA) is 109 Å². The van der Waals surface area contributed by atoms with Crippen molar-refractivity contribution in [1.29, 1.82) is 5.26 Å². The van der Waals surface area contributed by atoms with Gasteiger partial charge in [0.25, 0.3) is 5.91 Å². The molecule has 0 spiro atoms. The van der Waals surface area contributed by atoms with Crippen LogP contribution in [-0.2, 0) is 11.4 Å². The number of carboxylic acids is 1. The van der Waals surface area contributed by atoms with Crippen LogP contribution in [0.4, 0.5) is 5.69 Å². The van der Waals surface area contributed by atoms with Crippen molar-refractivity contribution in [3.63, 3.8) is 0 Å². The standard InChI is InChI=1S/C25H18BrClN2O5/c1-33-22-11-16(10-21(26)23(22)34-14-15-5-7-19(27)8-6-15)9-18(13-28)24(30)29-20-4-2-3-17(12-20)25(31)32/h2-12H,14H2,1H3,(H,29,30)(H,31,32)/b18-9-. The first-order valence-electron chi connectivity index (χ1n) is 9.82. The Morgan fingerprint density at radius 3 is 2.56 bits per heavy atom. The van der Waals surface area contributed by atoms with E-state index in [1.807, 2.05) is 18.2 Å². The van der Waals surface area contributed by atoms with Gasteiger partial charge in [-0.05, 0) is 75.6 Å². The Hall–Kier alpha value is -3.80. The quantitative estimate of drug-likeness (QED) is 0.270. The molecule has 2 N–H and O–H groups in total. The number of amides is 1. The lowest BCUT2D eigenvalue weighted by atomic mass is 10.1. The number of aromatic carboxylic acids is 1. The predicted octanol–water partition coefficient (Wildman–Crippen LogP) is 5.93. The Kier molecular flexibility index (Phi) is 8.30. The van der Waals surface area contributed by atoms with Gasteiger partial charge in [-0.3, -0.25) is 4.79 Å². The molecule has 0 aliphatic carbocycles. The van der Waals surface area contributed by atoms with E-state index in [0.29, 0.717) is 26.6 Å². The van der Waals surface area contributed by atoms with Crippen LogP contribution in [0.5, 0.6) is 11.5 Å². The highest BCUT2D eigenvalue weighted by Crippen LogP contribution is 2.38. The summed E-state index contributed by atoms with van der Waals surface area (Å²) in [7, 11) is 1.48. The molecule has 0 atom stereocenters. The fourth-order valence-electron chi connectivity index (χ4n) is 2.94. The molecule has 34 heavy (non-hydrogen) atoms. The van der Waals surface area contributed by atoms with Gasteiger partial charge in [-0.25, -0.2) is 4.79 Å². The molecule has 172 valence electrons. The summed E-state index contributed by atoms with van der Waals surface area (Å²) in [6.07, 6.45) is 1.40. The van der Waals surface area contributed by atoms with Crippen molar-refractivity contribution in [3.05, 3.63) is 92.4 Å². The zero-order valence-corrected chi connectivity index (χ0v) is 20.2. The van der Waals surface area contributed by atoms with Crippen molar-refractivity contribution in [2.24, 2.45) is 0 Å². The Morgan fingerprint density at radius 1 is 1.18 bits per heavy atom. The summed E-state index contributed by atoms with van der Waals surface area (Å²) < 4.78 is 11.9. The number of nitrogens with one attached hydrogen (secondary N) is 1. The van der Waals surface area contributed by atoms with Crippen LogP contribution < -0.4 is 14.8 Å². The van der Waals surface area contributed by atoms with Crippen LogP contribution in [0, 0.1) is 11.3 Å². The second-order valence-electron chi connectivity index (χ2n) is 6.96. The summed E-state index contributed by atoms with van der Waals surface area (Å²) in [6, 6.07) is 18.2. The van der Waals surface area contributed by atoms with Crippen molar-refractivity contribution < 1.29 is 24.2 Å². The van der Waals surface area contributed by atoms with Gasteiger partial charge >= 0.3 is 5.97 Å². The first-order chi connectivity index (χ1) is 16.3. The first-order valence-corrected chi connectivity index (χ1v) is 11.0. The molecule has 0 fully saturated rings. The maximum absolute atomic E-state index is 12.6. The van der Waals surface area contributed by atoms with Crippen molar-refractivity contribution >= 4 is 51.2 Å². The Morgan fingerprint density at radius 2 is 1.91 bits per heavy atom. The lowest BCUT2D eigenvalue weighted by molar-refractivity contribution is -0.112. The van der Waals surface area contributed by atoms with E-state index in [1.165, 1.54) is 37.5 Å². The molecule has 0 bridgehead atoms. The molecular weight excluding hydrogens is 524 g/mol. The predicted molar refractivity (Wildman–Crippen MR) is 132 cm³/mol. The largest absolute Gasteiger partial charge is 0.493 e. The molecule has 0 saturated carbocycles. The van der Waals surface area contributed by atoms with Gasteiger partial charge in [0.05, 0.1) is 17.1 Å². The first kappa shape index (κ1) is 24.8. The molecule has 0 aliphatic rings. The summed E-state index contributed by atoms with van der Waals surface area (Å²) in [5, 5.41) is 21.8. The highest BCUT2D eigenvalue weighted by Gasteiger charge is 2.15. The van der Waals surface area contributed by atoms with E-state index >= 15 is 0 Å². The summed E-state index contributed by atoms with van der Waals surface area (Å²) in [4.78, 5) is 23.7. The van der Waals surface area contributed by atoms with Gasteiger partial charge in [0.15, 0.2) is 11.5 Å². The Bertz CT molecular complexity index is 1300. The van der Waals surface area contributed by atoms with Crippen LogP contribution in [0.1, 0.15) is 21.5 Å². The lowest BCUT2D eigenvalue weighted by Gasteiger charge is -2.14. The van der Waals surface area contributed by atoms with Crippen molar-refractivity contribution in [3.8, 4) is 17.6 Å². The smallest absolute Gasteiger partial charge is 0.335 e. The van der Waals surface area contributed by atoms with Gasteiger partial charge in [0.2, 0.25) is 0 Å². The van der Waals surface area contributed by atoms with E-state index in [0.717, 1.165) is 5.56 Å².